The van der Waals surface area contributed by atoms with Crippen LogP contribution in [0.1, 0.15) is 28.2 Å². The van der Waals surface area contributed by atoms with Crippen LogP contribution in [0, 0.1) is 0 Å². The summed E-state index contributed by atoms with van der Waals surface area (Å²) in [4.78, 5) is 38.6. The number of carbonyl (C=O) groups excluding carboxylic acids is 1. The Hall–Kier alpha value is -3.17. The van der Waals surface area contributed by atoms with Gasteiger partial charge in [0.1, 0.15) is 17.3 Å². The van der Waals surface area contributed by atoms with Crippen LogP contribution in [0.15, 0.2) is 53.5 Å². The summed E-state index contributed by atoms with van der Waals surface area (Å²) in [5, 5.41) is 3.58. The number of nitrogens with one attached hydrogen (secondary N) is 2. The van der Waals surface area contributed by atoms with Gasteiger partial charge < -0.3 is 15.0 Å². The predicted octanol–water partition coefficient (Wildman–Crippen LogP) is 4.32. The number of aryl methyl sites for hydroxylation is 2. The van der Waals surface area contributed by atoms with Crippen molar-refractivity contribution in [2.45, 2.75) is 31.6 Å². The first kappa shape index (κ1) is 21.7. The number of thioether (sulfide) groups is 1. The molecule has 2 N–H and O–H groups in total. The molecule has 0 radical (unpaired) electrons. The number of aromatic amines is 1. The van der Waals surface area contributed by atoms with E-state index in [0.29, 0.717) is 29.8 Å². The zero-order chi connectivity index (χ0) is 22.6. The molecule has 0 fully saturated rings. The van der Waals surface area contributed by atoms with Gasteiger partial charge in [0.15, 0.2) is 0 Å². The summed E-state index contributed by atoms with van der Waals surface area (Å²) >= 11 is 3.03. The Balaban J connectivity index is 1.11. The molecule has 4 aromatic rings. The van der Waals surface area contributed by atoms with Gasteiger partial charge in [-0.05, 0) is 36.5 Å². The van der Waals surface area contributed by atoms with E-state index < -0.39 is 0 Å². The van der Waals surface area contributed by atoms with E-state index in [1.807, 2.05) is 30.3 Å². The lowest BCUT2D eigenvalue weighted by molar-refractivity contribution is -0.113. The number of anilines is 1. The van der Waals surface area contributed by atoms with Gasteiger partial charge in [-0.25, -0.2) is 9.97 Å². The lowest BCUT2D eigenvalue weighted by Crippen LogP contribution is -2.15. The van der Waals surface area contributed by atoms with Crippen molar-refractivity contribution in [1.29, 1.82) is 0 Å². The largest absolute Gasteiger partial charge is 0.473 e. The van der Waals surface area contributed by atoms with E-state index in [1.54, 1.807) is 29.7 Å². The second-order valence-corrected chi connectivity index (χ2v) is 9.82. The molecular weight excluding hydrogens is 456 g/mol. The smallest absolute Gasteiger partial charge is 0.259 e. The van der Waals surface area contributed by atoms with Gasteiger partial charge in [-0.3, -0.25) is 9.59 Å². The SMILES string of the molecule is O=C(CSCc1nc2sc3c(c2c(=O)[nH]1)CCC3)Nc1ccc(OCc2ccccc2)nc1. The summed E-state index contributed by atoms with van der Waals surface area (Å²) in [5.74, 6) is 1.67. The molecule has 33 heavy (non-hydrogen) atoms. The maximum absolute atomic E-state index is 12.5. The number of aromatic nitrogens is 3. The van der Waals surface area contributed by atoms with Crippen molar-refractivity contribution in [2.75, 3.05) is 11.1 Å². The Morgan fingerprint density at radius 1 is 1.18 bits per heavy atom. The third kappa shape index (κ3) is 5.09. The van der Waals surface area contributed by atoms with Crippen LogP contribution in [0.3, 0.4) is 0 Å². The number of nitrogens with zero attached hydrogens (tertiary/aromatic N) is 2. The molecule has 9 heteroatoms. The predicted molar refractivity (Wildman–Crippen MR) is 132 cm³/mol. The Morgan fingerprint density at radius 2 is 2.06 bits per heavy atom. The standard InChI is InChI=1S/C24H22N4O3S2/c29-20(26-16-9-10-21(25-11-16)31-12-15-5-2-1-3-6-15)14-32-13-19-27-23(30)22-17-7-4-8-18(17)33-24(22)28-19/h1-3,5-6,9-11H,4,7-8,12-14H2,(H,26,29)(H,27,28,30). The number of rotatable bonds is 8. The van der Waals surface area contributed by atoms with Gasteiger partial charge in [-0.15, -0.1) is 23.1 Å². The summed E-state index contributed by atoms with van der Waals surface area (Å²) in [6.07, 6.45) is 4.69. The number of amides is 1. The number of hydrogen-bond acceptors (Lipinski definition) is 7. The van der Waals surface area contributed by atoms with Gasteiger partial charge in [0.05, 0.1) is 28.8 Å². The van der Waals surface area contributed by atoms with E-state index in [-0.39, 0.29) is 17.2 Å². The Kier molecular flexibility index (Phi) is 6.41. The lowest BCUT2D eigenvalue weighted by atomic mass is 10.2. The maximum Gasteiger partial charge on any atom is 0.259 e. The van der Waals surface area contributed by atoms with Gasteiger partial charge >= 0.3 is 0 Å². The second kappa shape index (κ2) is 9.76. The van der Waals surface area contributed by atoms with Crippen LogP contribution in [-0.2, 0) is 30.0 Å². The van der Waals surface area contributed by atoms with E-state index in [9.17, 15) is 9.59 Å². The highest BCUT2D eigenvalue weighted by Gasteiger charge is 2.21. The van der Waals surface area contributed by atoms with E-state index in [2.05, 4.69) is 20.3 Å². The molecule has 0 bridgehead atoms. The summed E-state index contributed by atoms with van der Waals surface area (Å²) < 4.78 is 5.66. The van der Waals surface area contributed by atoms with Gasteiger partial charge in [-0.1, -0.05) is 30.3 Å². The van der Waals surface area contributed by atoms with Crippen LogP contribution in [0.4, 0.5) is 5.69 Å². The van der Waals surface area contributed by atoms with Crippen molar-refractivity contribution in [3.8, 4) is 5.88 Å². The van der Waals surface area contributed by atoms with E-state index >= 15 is 0 Å². The number of pyridine rings is 1. The average molecular weight is 479 g/mol. The van der Waals surface area contributed by atoms with Gasteiger partial charge in [0.2, 0.25) is 11.8 Å². The quantitative estimate of drug-likeness (QED) is 0.392. The maximum atomic E-state index is 12.5. The topological polar surface area (TPSA) is 97.0 Å². The summed E-state index contributed by atoms with van der Waals surface area (Å²) in [5.41, 5.74) is 2.77. The molecule has 1 aromatic carbocycles. The molecule has 7 nitrogen and oxygen atoms in total. The number of carbonyl (C=O) groups is 1. The zero-order valence-electron chi connectivity index (χ0n) is 17.8. The molecular formula is C24H22N4O3S2. The third-order valence-corrected chi connectivity index (χ3v) is 7.48. The lowest BCUT2D eigenvalue weighted by Gasteiger charge is -2.08. The highest BCUT2D eigenvalue weighted by atomic mass is 32.2. The fourth-order valence-electron chi connectivity index (χ4n) is 3.82. The Bertz CT molecular complexity index is 1330. The van der Waals surface area contributed by atoms with Crippen LogP contribution < -0.4 is 15.6 Å². The van der Waals surface area contributed by atoms with E-state index in [0.717, 1.165) is 35.0 Å². The number of thiophene rings is 1. The molecule has 168 valence electrons. The van der Waals surface area contributed by atoms with Crippen molar-refractivity contribution in [1.82, 2.24) is 15.0 Å². The van der Waals surface area contributed by atoms with Crippen LogP contribution in [0.2, 0.25) is 0 Å². The van der Waals surface area contributed by atoms with E-state index in [4.69, 9.17) is 4.74 Å². The van der Waals surface area contributed by atoms with E-state index in [1.165, 1.54) is 22.2 Å². The Labute approximate surface area is 198 Å². The Morgan fingerprint density at radius 3 is 2.88 bits per heavy atom. The summed E-state index contributed by atoms with van der Waals surface area (Å²) in [6, 6.07) is 13.3. The second-order valence-electron chi connectivity index (χ2n) is 7.75. The first-order valence-electron chi connectivity index (χ1n) is 10.7. The van der Waals surface area contributed by atoms with Crippen LogP contribution in [0.25, 0.3) is 10.2 Å². The van der Waals surface area contributed by atoms with Crippen molar-refractivity contribution >= 4 is 44.9 Å². The number of ether oxygens (including phenoxy) is 1. The molecule has 0 aliphatic heterocycles. The monoisotopic (exact) mass is 478 g/mol. The van der Waals surface area contributed by atoms with Crippen LogP contribution >= 0.6 is 23.1 Å². The third-order valence-electron chi connectivity index (χ3n) is 5.35. The van der Waals surface area contributed by atoms with Crippen molar-refractivity contribution in [2.24, 2.45) is 0 Å². The number of H-pyrrole nitrogens is 1. The molecule has 0 saturated carbocycles. The molecule has 1 amide bonds. The summed E-state index contributed by atoms with van der Waals surface area (Å²) in [6.45, 7) is 0.437. The highest BCUT2D eigenvalue weighted by Crippen LogP contribution is 2.34. The fraction of sp³-hybridized carbons (Fsp3) is 0.250. The number of benzene rings is 1. The van der Waals surface area contributed by atoms with Gasteiger partial charge in [-0.2, -0.15) is 0 Å². The molecule has 0 atom stereocenters. The normalized spacial score (nSPS) is 12.6. The molecule has 0 unspecified atom stereocenters. The molecule has 3 aromatic heterocycles. The molecule has 1 aliphatic carbocycles. The van der Waals surface area contributed by atoms with Crippen molar-refractivity contribution < 1.29 is 9.53 Å². The van der Waals surface area contributed by atoms with Gasteiger partial charge in [0, 0.05) is 10.9 Å². The molecule has 0 saturated heterocycles. The number of hydrogen-bond donors (Lipinski definition) is 2. The van der Waals surface area contributed by atoms with Crippen molar-refractivity contribution in [3.05, 3.63) is 80.8 Å². The molecule has 0 spiro atoms. The van der Waals surface area contributed by atoms with Crippen LogP contribution in [-0.4, -0.2) is 26.6 Å². The minimum atomic E-state index is -0.140. The molecule has 5 rings (SSSR count). The van der Waals surface area contributed by atoms with Crippen molar-refractivity contribution in [3.63, 3.8) is 0 Å². The first-order chi connectivity index (χ1) is 16.2. The fourth-order valence-corrected chi connectivity index (χ4v) is 5.79. The zero-order valence-corrected chi connectivity index (χ0v) is 19.4. The minimum Gasteiger partial charge on any atom is -0.473 e. The molecule has 3 heterocycles. The number of fused-ring (bicyclic) bond motifs is 3. The average Bonchev–Trinajstić information content (AvgIpc) is 3.40. The minimum absolute atomic E-state index is 0.0694. The van der Waals surface area contributed by atoms with Gasteiger partial charge in [0.25, 0.3) is 5.56 Å². The summed E-state index contributed by atoms with van der Waals surface area (Å²) in [7, 11) is 0. The first-order valence-corrected chi connectivity index (χ1v) is 12.7. The molecule has 1 aliphatic rings. The van der Waals surface area contributed by atoms with Crippen LogP contribution in [0.5, 0.6) is 5.88 Å². The highest BCUT2D eigenvalue weighted by molar-refractivity contribution is 7.99.